The molecule has 0 aromatic carbocycles. The zero-order chi connectivity index (χ0) is 12.1. The van der Waals surface area contributed by atoms with Crippen LogP contribution in [0.1, 0.15) is 29.9 Å². The molecule has 2 heterocycles. The van der Waals surface area contributed by atoms with Gasteiger partial charge in [-0.25, -0.2) is 9.97 Å². The van der Waals surface area contributed by atoms with E-state index >= 15 is 0 Å². The Labute approximate surface area is 100 Å². The Morgan fingerprint density at radius 3 is 2.47 bits per heavy atom. The maximum Gasteiger partial charge on any atom is 0.115 e. The van der Waals surface area contributed by atoms with Gasteiger partial charge in [0, 0.05) is 24.2 Å². The monoisotopic (exact) mass is 229 g/mol. The lowest BCUT2D eigenvalue weighted by atomic mass is 10.1. The van der Waals surface area contributed by atoms with Crippen molar-refractivity contribution in [2.75, 3.05) is 6.54 Å². The molecule has 17 heavy (non-hydrogen) atoms. The molecule has 0 spiro atoms. The third-order valence-corrected chi connectivity index (χ3v) is 2.42. The van der Waals surface area contributed by atoms with Gasteiger partial charge in [-0.2, -0.15) is 0 Å². The molecule has 0 fully saturated rings. The third kappa shape index (κ3) is 2.82. The van der Waals surface area contributed by atoms with E-state index in [9.17, 15) is 0 Å². The van der Waals surface area contributed by atoms with Crippen molar-refractivity contribution in [3.63, 3.8) is 0 Å². The summed E-state index contributed by atoms with van der Waals surface area (Å²) in [6.45, 7) is 4.82. The molecule has 88 valence electrons. The number of hydrogen-bond acceptors (Lipinski definition) is 5. The molecule has 0 aliphatic carbocycles. The van der Waals surface area contributed by atoms with Gasteiger partial charge < -0.3 is 5.32 Å². The van der Waals surface area contributed by atoms with Gasteiger partial charge in [-0.1, -0.05) is 6.92 Å². The van der Waals surface area contributed by atoms with Gasteiger partial charge in [-0.15, -0.1) is 0 Å². The van der Waals surface area contributed by atoms with Crippen LogP contribution < -0.4 is 5.32 Å². The van der Waals surface area contributed by atoms with Crippen LogP contribution >= 0.6 is 0 Å². The lowest BCUT2D eigenvalue weighted by Gasteiger charge is -2.16. The van der Waals surface area contributed by atoms with Gasteiger partial charge in [0.15, 0.2) is 0 Å². The summed E-state index contributed by atoms with van der Waals surface area (Å²) in [7, 11) is 0. The van der Waals surface area contributed by atoms with Gasteiger partial charge >= 0.3 is 0 Å². The number of nitrogens with zero attached hydrogens (tertiary/aromatic N) is 4. The molecule has 1 N–H and O–H groups in total. The highest BCUT2D eigenvalue weighted by molar-refractivity contribution is 5.21. The van der Waals surface area contributed by atoms with Crippen LogP contribution in [0.4, 0.5) is 0 Å². The molecule has 2 aromatic heterocycles. The first-order chi connectivity index (χ1) is 8.31. The van der Waals surface area contributed by atoms with E-state index in [1.807, 2.05) is 6.92 Å². The van der Waals surface area contributed by atoms with Gasteiger partial charge in [0.05, 0.1) is 23.6 Å². The van der Waals surface area contributed by atoms with E-state index in [4.69, 9.17) is 0 Å². The van der Waals surface area contributed by atoms with Crippen molar-refractivity contribution in [2.24, 2.45) is 0 Å². The summed E-state index contributed by atoms with van der Waals surface area (Å²) >= 11 is 0. The molecule has 0 saturated carbocycles. The molecule has 0 radical (unpaired) electrons. The standard InChI is InChI=1S/C12H15N5/c1-3-15-12(10-5-13-8-14-6-10)11-7-16-9(2)4-17-11/h4-8,12,15H,3H2,1-2H3. The van der Waals surface area contributed by atoms with E-state index in [0.717, 1.165) is 23.5 Å². The van der Waals surface area contributed by atoms with E-state index in [1.165, 1.54) is 6.33 Å². The summed E-state index contributed by atoms with van der Waals surface area (Å²) in [6.07, 6.45) is 8.66. The Bertz CT molecular complexity index is 454. The minimum Gasteiger partial charge on any atom is -0.305 e. The SMILES string of the molecule is CCNC(c1cncnc1)c1cnc(C)cn1. The Morgan fingerprint density at radius 2 is 1.88 bits per heavy atom. The minimum absolute atomic E-state index is 0.00528. The number of rotatable bonds is 4. The predicted molar refractivity (Wildman–Crippen MR) is 64.3 cm³/mol. The van der Waals surface area contributed by atoms with Gasteiger partial charge in [0.1, 0.15) is 6.33 Å². The van der Waals surface area contributed by atoms with Crippen LogP contribution in [0.3, 0.4) is 0 Å². The highest BCUT2D eigenvalue weighted by Crippen LogP contribution is 2.17. The summed E-state index contributed by atoms with van der Waals surface area (Å²) in [5.74, 6) is 0. The van der Waals surface area contributed by atoms with E-state index in [-0.39, 0.29) is 6.04 Å². The van der Waals surface area contributed by atoms with E-state index in [1.54, 1.807) is 24.8 Å². The van der Waals surface area contributed by atoms with Crippen molar-refractivity contribution in [1.29, 1.82) is 0 Å². The quantitative estimate of drug-likeness (QED) is 0.855. The second-order valence-corrected chi connectivity index (χ2v) is 3.75. The fourth-order valence-corrected chi connectivity index (χ4v) is 1.61. The van der Waals surface area contributed by atoms with Gasteiger partial charge in [-0.3, -0.25) is 9.97 Å². The molecule has 2 aromatic rings. The number of hydrogen-bond donors (Lipinski definition) is 1. The van der Waals surface area contributed by atoms with Crippen molar-refractivity contribution in [2.45, 2.75) is 19.9 Å². The maximum atomic E-state index is 4.39. The Morgan fingerprint density at radius 1 is 1.12 bits per heavy atom. The lowest BCUT2D eigenvalue weighted by Crippen LogP contribution is -2.23. The largest absolute Gasteiger partial charge is 0.305 e. The average molecular weight is 229 g/mol. The zero-order valence-electron chi connectivity index (χ0n) is 9.96. The highest BCUT2D eigenvalue weighted by atomic mass is 15.0. The summed E-state index contributed by atoms with van der Waals surface area (Å²) in [5, 5.41) is 3.35. The van der Waals surface area contributed by atoms with Gasteiger partial charge in [0.25, 0.3) is 0 Å². The third-order valence-electron chi connectivity index (χ3n) is 2.42. The van der Waals surface area contributed by atoms with Crippen LogP contribution in [0.5, 0.6) is 0 Å². The van der Waals surface area contributed by atoms with Gasteiger partial charge in [0.2, 0.25) is 0 Å². The minimum atomic E-state index is -0.00528. The molecule has 0 amide bonds. The molecule has 0 aliphatic rings. The normalized spacial score (nSPS) is 12.4. The molecule has 5 heteroatoms. The first-order valence-corrected chi connectivity index (χ1v) is 5.58. The lowest BCUT2D eigenvalue weighted by molar-refractivity contribution is 0.607. The smallest absolute Gasteiger partial charge is 0.115 e. The Kier molecular flexibility index (Phi) is 3.72. The zero-order valence-corrected chi connectivity index (χ0v) is 9.96. The Hall–Kier alpha value is -1.88. The molecule has 0 saturated heterocycles. The maximum absolute atomic E-state index is 4.39. The van der Waals surface area contributed by atoms with Crippen molar-refractivity contribution in [1.82, 2.24) is 25.3 Å². The highest BCUT2D eigenvalue weighted by Gasteiger charge is 2.14. The van der Waals surface area contributed by atoms with Crippen molar-refractivity contribution >= 4 is 0 Å². The number of aromatic nitrogens is 4. The summed E-state index contributed by atoms with van der Waals surface area (Å²) in [5.41, 5.74) is 2.79. The molecular weight excluding hydrogens is 214 g/mol. The molecule has 2 rings (SSSR count). The molecule has 1 unspecified atom stereocenters. The van der Waals surface area contributed by atoms with Crippen molar-refractivity contribution in [3.05, 3.63) is 48.1 Å². The van der Waals surface area contributed by atoms with Crippen LogP contribution in [0.25, 0.3) is 0 Å². The molecule has 0 aliphatic heterocycles. The fourth-order valence-electron chi connectivity index (χ4n) is 1.61. The van der Waals surface area contributed by atoms with E-state index < -0.39 is 0 Å². The second-order valence-electron chi connectivity index (χ2n) is 3.75. The number of nitrogens with one attached hydrogen (secondary N) is 1. The van der Waals surface area contributed by atoms with Crippen molar-refractivity contribution < 1.29 is 0 Å². The summed E-state index contributed by atoms with van der Waals surface area (Å²) < 4.78 is 0. The van der Waals surface area contributed by atoms with E-state index in [2.05, 4.69) is 32.2 Å². The molecule has 5 nitrogen and oxygen atoms in total. The Balaban J connectivity index is 2.32. The first-order valence-electron chi connectivity index (χ1n) is 5.58. The van der Waals surface area contributed by atoms with Crippen LogP contribution in [-0.4, -0.2) is 26.5 Å². The van der Waals surface area contributed by atoms with E-state index in [0.29, 0.717) is 0 Å². The molecule has 1 atom stereocenters. The van der Waals surface area contributed by atoms with Crippen molar-refractivity contribution in [3.8, 4) is 0 Å². The average Bonchev–Trinajstić information content (AvgIpc) is 2.38. The second kappa shape index (κ2) is 5.45. The van der Waals surface area contributed by atoms with Crippen LogP contribution in [0, 0.1) is 6.92 Å². The topological polar surface area (TPSA) is 63.6 Å². The predicted octanol–water partition coefficient (Wildman–Crippen LogP) is 1.27. The van der Waals surface area contributed by atoms with Crippen LogP contribution in [-0.2, 0) is 0 Å². The van der Waals surface area contributed by atoms with Crippen LogP contribution in [0.2, 0.25) is 0 Å². The first kappa shape index (κ1) is 11.6. The van der Waals surface area contributed by atoms with Gasteiger partial charge in [-0.05, 0) is 13.5 Å². The summed E-state index contributed by atoms with van der Waals surface area (Å²) in [6, 6.07) is -0.00528. The molecular formula is C12H15N5. The van der Waals surface area contributed by atoms with Crippen LogP contribution in [0.15, 0.2) is 31.1 Å². The fraction of sp³-hybridized carbons (Fsp3) is 0.333. The summed E-state index contributed by atoms with van der Waals surface area (Å²) in [4.78, 5) is 16.7. The molecule has 0 bridgehead atoms. The number of aryl methyl sites for hydroxylation is 1.